The zero-order valence-electron chi connectivity index (χ0n) is 17.7. The number of hydrogen-bond acceptors (Lipinski definition) is 10. The summed E-state index contributed by atoms with van der Waals surface area (Å²) in [6.45, 7) is 4.00. The Balaban J connectivity index is 1.70. The van der Waals surface area contributed by atoms with E-state index in [2.05, 4.69) is 0 Å². The molecule has 10 heteroatoms. The highest BCUT2D eigenvalue weighted by molar-refractivity contribution is 7.99. The van der Waals surface area contributed by atoms with Gasteiger partial charge in [-0.3, -0.25) is 0 Å². The second-order valence-electron chi connectivity index (χ2n) is 7.85. The van der Waals surface area contributed by atoms with Crippen LogP contribution in [-0.4, -0.2) is 93.3 Å². The number of hydrogen-bond donors (Lipinski definition) is 5. The fraction of sp³-hybridized carbons (Fsp3) is 0.714. The van der Waals surface area contributed by atoms with Crippen molar-refractivity contribution in [1.82, 2.24) is 0 Å². The van der Waals surface area contributed by atoms with Gasteiger partial charge in [0.1, 0.15) is 42.1 Å². The van der Waals surface area contributed by atoms with Gasteiger partial charge in [-0.05, 0) is 18.2 Å². The number of nitrogens with two attached hydrogens (primary N) is 1. The molecular weight excluding hydrogens is 426 g/mol. The topological polar surface area (TPSA) is 144 Å². The van der Waals surface area contributed by atoms with Crippen LogP contribution < -0.4 is 5.73 Å². The molecule has 2 heterocycles. The first kappa shape index (κ1) is 24.8. The Hall–Kier alpha value is -0.790. The number of thioether (sulfide) groups is 1. The third-order valence-corrected chi connectivity index (χ3v) is 6.63. The predicted octanol–water partition coefficient (Wildman–Crippen LogP) is -0.418. The van der Waals surface area contributed by atoms with Crippen molar-refractivity contribution in [3.63, 3.8) is 0 Å². The highest BCUT2D eigenvalue weighted by Crippen LogP contribution is 2.32. The molecule has 3 rings (SSSR count). The molecule has 9 nitrogen and oxygen atoms in total. The molecule has 0 aliphatic carbocycles. The van der Waals surface area contributed by atoms with Gasteiger partial charge in [0, 0.05) is 0 Å². The van der Waals surface area contributed by atoms with Crippen LogP contribution >= 0.6 is 11.8 Å². The Morgan fingerprint density at radius 2 is 1.71 bits per heavy atom. The third kappa shape index (κ3) is 5.97. The SMILES string of the molecule is CCS[C@@H]1O[C@H](COCc2ccccc2)[C@@H](O[C@@H]2O[C@@H](C)[C@@H](O)[C@@H](O)[C@@H]2O)[C@H](O)[C@H]1N. The second kappa shape index (κ2) is 11.4. The van der Waals surface area contributed by atoms with E-state index >= 15 is 0 Å². The number of rotatable bonds is 8. The average Bonchev–Trinajstić information content (AvgIpc) is 2.77. The molecule has 0 saturated carbocycles. The quantitative estimate of drug-likeness (QED) is 0.348. The van der Waals surface area contributed by atoms with Gasteiger partial charge < -0.3 is 45.1 Å². The lowest BCUT2D eigenvalue weighted by molar-refractivity contribution is -0.328. The summed E-state index contributed by atoms with van der Waals surface area (Å²) >= 11 is 1.48. The molecule has 6 N–H and O–H groups in total. The third-order valence-electron chi connectivity index (χ3n) is 5.54. The van der Waals surface area contributed by atoms with Crippen molar-refractivity contribution in [2.45, 2.75) is 80.9 Å². The first-order chi connectivity index (χ1) is 14.8. The van der Waals surface area contributed by atoms with E-state index in [0.717, 1.165) is 11.3 Å². The maximum absolute atomic E-state index is 10.9. The van der Waals surface area contributed by atoms with Crippen LogP contribution in [0.5, 0.6) is 0 Å². The minimum Gasteiger partial charge on any atom is -0.389 e. The van der Waals surface area contributed by atoms with Crippen LogP contribution in [0.3, 0.4) is 0 Å². The fourth-order valence-electron chi connectivity index (χ4n) is 3.71. The molecule has 1 aromatic rings. The Morgan fingerprint density at radius 1 is 1.00 bits per heavy atom. The summed E-state index contributed by atoms with van der Waals surface area (Å²) in [5.74, 6) is 0.750. The number of benzene rings is 1. The minimum atomic E-state index is -1.50. The monoisotopic (exact) mass is 459 g/mol. The summed E-state index contributed by atoms with van der Waals surface area (Å²) in [6, 6.07) is 8.91. The Kier molecular flexibility index (Phi) is 9.11. The summed E-state index contributed by atoms with van der Waals surface area (Å²) < 4.78 is 23.3. The van der Waals surface area contributed by atoms with Gasteiger partial charge >= 0.3 is 0 Å². The van der Waals surface area contributed by atoms with Gasteiger partial charge in [0.15, 0.2) is 6.29 Å². The van der Waals surface area contributed by atoms with E-state index in [9.17, 15) is 20.4 Å². The lowest BCUT2D eigenvalue weighted by atomic mass is 9.97. The van der Waals surface area contributed by atoms with Crippen molar-refractivity contribution in [3.8, 4) is 0 Å². The van der Waals surface area contributed by atoms with Gasteiger partial charge in [-0.1, -0.05) is 37.3 Å². The van der Waals surface area contributed by atoms with Gasteiger partial charge in [-0.25, -0.2) is 0 Å². The smallest absolute Gasteiger partial charge is 0.187 e. The lowest BCUT2D eigenvalue weighted by Gasteiger charge is -2.46. The van der Waals surface area contributed by atoms with E-state index in [0.29, 0.717) is 6.61 Å². The molecule has 0 aromatic heterocycles. The molecule has 2 aliphatic heterocycles. The second-order valence-corrected chi connectivity index (χ2v) is 9.22. The standard InChI is InChI=1S/C21H33NO8S/c1-3-31-21-14(22)16(24)19(30-20-18(26)17(25)15(23)11(2)28-20)13(29-21)10-27-9-12-7-5-4-6-8-12/h4-8,11,13-21,23-26H,3,9-10,22H2,1-2H3/t11-,13+,14+,15+,16+,17+,18-,19+,20-,21-/m0/s1. The highest BCUT2D eigenvalue weighted by Gasteiger charge is 2.49. The maximum Gasteiger partial charge on any atom is 0.187 e. The van der Waals surface area contributed by atoms with Crippen molar-refractivity contribution < 1.29 is 39.4 Å². The molecule has 10 atom stereocenters. The van der Waals surface area contributed by atoms with E-state index in [1.165, 1.54) is 11.8 Å². The number of ether oxygens (including phenoxy) is 4. The number of aliphatic hydroxyl groups is 4. The van der Waals surface area contributed by atoms with Crippen LogP contribution in [0.4, 0.5) is 0 Å². The Labute approximate surface area is 186 Å². The van der Waals surface area contributed by atoms with Crippen LogP contribution in [0, 0.1) is 0 Å². The molecule has 0 amide bonds. The van der Waals surface area contributed by atoms with Crippen LogP contribution in [0.1, 0.15) is 19.4 Å². The van der Waals surface area contributed by atoms with Crippen LogP contribution in [0.2, 0.25) is 0 Å². The van der Waals surface area contributed by atoms with Gasteiger partial charge in [-0.15, -0.1) is 11.8 Å². The van der Waals surface area contributed by atoms with Crippen LogP contribution in [0.15, 0.2) is 30.3 Å². The predicted molar refractivity (Wildman–Crippen MR) is 114 cm³/mol. The van der Waals surface area contributed by atoms with E-state index in [1.54, 1.807) is 6.92 Å². The van der Waals surface area contributed by atoms with Gasteiger partial charge in [0.05, 0.1) is 25.4 Å². The van der Waals surface area contributed by atoms with Crippen molar-refractivity contribution >= 4 is 11.8 Å². The molecular formula is C21H33NO8S. The van der Waals surface area contributed by atoms with Crippen molar-refractivity contribution in [1.29, 1.82) is 0 Å². The largest absolute Gasteiger partial charge is 0.389 e. The summed E-state index contributed by atoms with van der Waals surface area (Å²) in [7, 11) is 0. The fourth-order valence-corrected chi connectivity index (χ4v) is 4.64. The van der Waals surface area contributed by atoms with Gasteiger partial charge in [-0.2, -0.15) is 0 Å². The van der Waals surface area contributed by atoms with Crippen molar-refractivity contribution in [3.05, 3.63) is 35.9 Å². The molecule has 2 fully saturated rings. The summed E-state index contributed by atoms with van der Waals surface area (Å²) in [5, 5.41) is 41.2. The highest BCUT2D eigenvalue weighted by atomic mass is 32.2. The molecule has 0 unspecified atom stereocenters. The first-order valence-corrected chi connectivity index (χ1v) is 11.6. The first-order valence-electron chi connectivity index (χ1n) is 10.5. The van der Waals surface area contributed by atoms with E-state index in [-0.39, 0.29) is 6.61 Å². The van der Waals surface area contributed by atoms with Crippen LogP contribution in [-0.2, 0) is 25.6 Å². The molecule has 31 heavy (non-hydrogen) atoms. The molecule has 1 aromatic carbocycles. The summed E-state index contributed by atoms with van der Waals surface area (Å²) in [4.78, 5) is 0. The lowest BCUT2D eigenvalue weighted by Crippen LogP contribution is -2.65. The van der Waals surface area contributed by atoms with E-state index < -0.39 is 60.5 Å². The van der Waals surface area contributed by atoms with Gasteiger partial charge in [0.2, 0.25) is 0 Å². The normalized spacial score (nSPS) is 41.3. The molecule has 0 bridgehead atoms. The molecule has 2 saturated heterocycles. The average molecular weight is 460 g/mol. The summed E-state index contributed by atoms with van der Waals surface area (Å²) in [6.07, 6.45) is -8.99. The van der Waals surface area contributed by atoms with Crippen molar-refractivity contribution in [2.75, 3.05) is 12.4 Å². The zero-order valence-corrected chi connectivity index (χ0v) is 18.5. The maximum atomic E-state index is 10.9. The summed E-state index contributed by atoms with van der Waals surface area (Å²) in [5.41, 5.74) is 6.73. The molecule has 0 radical (unpaired) electrons. The Bertz CT molecular complexity index is 670. The molecule has 0 spiro atoms. The van der Waals surface area contributed by atoms with Crippen molar-refractivity contribution in [2.24, 2.45) is 5.73 Å². The zero-order chi connectivity index (χ0) is 22.5. The van der Waals surface area contributed by atoms with E-state index in [4.69, 9.17) is 24.7 Å². The molecule has 2 aliphatic rings. The van der Waals surface area contributed by atoms with E-state index in [1.807, 2.05) is 37.3 Å². The Morgan fingerprint density at radius 3 is 2.39 bits per heavy atom. The van der Waals surface area contributed by atoms with Crippen LogP contribution in [0.25, 0.3) is 0 Å². The molecule has 176 valence electrons. The minimum absolute atomic E-state index is 0.119. The number of aliphatic hydroxyl groups excluding tert-OH is 4. The van der Waals surface area contributed by atoms with Gasteiger partial charge in [0.25, 0.3) is 0 Å².